The zero-order valence-corrected chi connectivity index (χ0v) is 11.5. The van der Waals surface area contributed by atoms with Crippen molar-refractivity contribution in [2.75, 3.05) is 0 Å². The van der Waals surface area contributed by atoms with Crippen LogP contribution in [0.4, 0.5) is 0 Å². The molecular weight excluding hydrogens is 230 g/mol. The van der Waals surface area contributed by atoms with E-state index in [1.54, 1.807) is 0 Å². The SMILES string of the molecule is Cc1ncc(CN)c(SC2CCCC(C)C2)n1. The lowest BCUT2D eigenvalue weighted by Crippen LogP contribution is -2.16. The van der Waals surface area contributed by atoms with E-state index in [1.165, 1.54) is 25.7 Å². The van der Waals surface area contributed by atoms with Gasteiger partial charge in [0.2, 0.25) is 0 Å². The minimum atomic E-state index is 0.533. The normalized spacial score (nSPS) is 24.9. The molecule has 0 amide bonds. The maximum Gasteiger partial charge on any atom is 0.126 e. The Balaban J connectivity index is 2.08. The van der Waals surface area contributed by atoms with Crippen LogP contribution in [0, 0.1) is 12.8 Å². The molecule has 2 unspecified atom stereocenters. The largest absolute Gasteiger partial charge is 0.326 e. The van der Waals surface area contributed by atoms with Gasteiger partial charge in [-0.05, 0) is 25.7 Å². The average molecular weight is 251 g/mol. The number of hydrogen-bond acceptors (Lipinski definition) is 4. The summed E-state index contributed by atoms with van der Waals surface area (Å²) in [6.07, 6.45) is 7.21. The summed E-state index contributed by atoms with van der Waals surface area (Å²) in [6, 6.07) is 0. The van der Waals surface area contributed by atoms with E-state index in [-0.39, 0.29) is 0 Å². The molecule has 2 N–H and O–H groups in total. The van der Waals surface area contributed by atoms with Crippen molar-refractivity contribution in [3.8, 4) is 0 Å². The number of nitrogens with zero attached hydrogens (tertiary/aromatic N) is 2. The van der Waals surface area contributed by atoms with Gasteiger partial charge >= 0.3 is 0 Å². The van der Waals surface area contributed by atoms with Crippen molar-refractivity contribution in [2.45, 2.75) is 56.4 Å². The molecule has 0 bridgehead atoms. The summed E-state index contributed by atoms with van der Waals surface area (Å²) in [6.45, 7) is 4.82. The third-order valence-corrected chi connectivity index (χ3v) is 4.67. The van der Waals surface area contributed by atoms with Gasteiger partial charge in [0.1, 0.15) is 10.9 Å². The molecule has 1 aromatic heterocycles. The fraction of sp³-hybridized carbons (Fsp3) is 0.692. The zero-order valence-electron chi connectivity index (χ0n) is 10.6. The van der Waals surface area contributed by atoms with Gasteiger partial charge in [0.15, 0.2) is 0 Å². The molecule has 17 heavy (non-hydrogen) atoms. The van der Waals surface area contributed by atoms with Gasteiger partial charge in [-0.15, -0.1) is 11.8 Å². The van der Waals surface area contributed by atoms with E-state index in [9.17, 15) is 0 Å². The van der Waals surface area contributed by atoms with E-state index in [0.29, 0.717) is 11.8 Å². The highest BCUT2D eigenvalue weighted by atomic mass is 32.2. The fourth-order valence-electron chi connectivity index (χ4n) is 2.36. The number of aromatic nitrogens is 2. The van der Waals surface area contributed by atoms with Crippen molar-refractivity contribution in [3.05, 3.63) is 17.6 Å². The van der Waals surface area contributed by atoms with Gasteiger partial charge in [0.05, 0.1) is 0 Å². The second-order valence-corrected chi connectivity index (χ2v) is 6.25. The number of thioether (sulfide) groups is 1. The fourth-order valence-corrected chi connectivity index (χ4v) is 3.86. The Kier molecular flexibility index (Phi) is 4.40. The Hall–Kier alpha value is -0.610. The topological polar surface area (TPSA) is 51.8 Å². The maximum atomic E-state index is 5.74. The summed E-state index contributed by atoms with van der Waals surface area (Å²) in [5.41, 5.74) is 6.82. The molecule has 1 aromatic rings. The van der Waals surface area contributed by atoms with Crippen LogP contribution in [0.15, 0.2) is 11.2 Å². The number of nitrogens with two attached hydrogens (primary N) is 1. The predicted octanol–water partition coefficient (Wildman–Crippen LogP) is 2.91. The summed E-state index contributed by atoms with van der Waals surface area (Å²) >= 11 is 1.90. The van der Waals surface area contributed by atoms with Crippen molar-refractivity contribution < 1.29 is 0 Å². The summed E-state index contributed by atoms with van der Waals surface area (Å²) < 4.78 is 0. The first-order valence-electron chi connectivity index (χ1n) is 6.38. The molecule has 1 aliphatic carbocycles. The molecule has 3 nitrogen and oxygen atoms in total. The Morgan fingerprint density at radius 1 is 1.47 bits per heavy atom. The third-order valence-electron chi connectivity index (χ3n) is 3.33. The lowest BCUT2D eigenvalue weighted by atomic mass is 9.91. The molecule has 1 aliphatic rings. The van der Waals surface area contributed by atoms with Crippen LogP contribution in [-0.2, 0) is 6.54 Å². The van der Waals surface area contributed by atoms with Crippen LogP contribution in [0.2, 0.25) is 0 Å². The van der Waals surface area contributed by atoms with E-state index < -0.39 is 0 Å². The van der Waals surface area contributed by atoms with Crippen molar-refractivity contribution in [1.29, 1.82) is 0 Å². The Bertz CT molecular complexity index is 381. The zero-order chi connectivity index (χ0) is 12.3. The first kappa shape index (κ1) is 12.8. The quantitative estimate of drug-likeness (QED) is 0.839. The lowest BCUT2D eigenvalue weighted by Gasteiger charge is -2.26. The Morgan fingerprint density at radius 3 is 3.00 bits per heavy atom. The first-order chi connectivity index (χ1) is 8.19. The summed E-state index contributed by atoms with van der Waals surface area (Å²) in [5.74, 6) is 1.69. The Labute approximate surface area is 108 Å². The molecule has 0 aromatic carbocycles. The lowest BCUT2D eigenvalue weighted by molar-refractivity contribution is 0.394. The predicted molar refractivity (Wildman–Crippen MR) is 71.9 cm³/mol. The van der Waals surface area contributed by atoms with Crippen LogP contribution in [0.25, 0.3) is 0 Å². The van der Waals surface area contributed by atoms with Gasteiger partial charge in [-0.1, -0.05) is 19.8 Å². The summed E-state index contributed by atoms with van der Waals surface area (Å²) in [4.78, 5) is 8.75. The second-order valence-electron chi connectivity index (χ2n) is 4.96. The molecule has 4 heteroatoms. The van der Waals surface area contributed by atoms with E-state index in [0.717, 1.165) is 22.3 Å². The van der Waals surface area contributed by atoms with E-state index in [2.05, 4.69) is 16.9 Å². The molecule has 2 rings (SSSR count). The van der Waals surface area contributed by atoms with Crippen LogP contribution in [-0.4, -0.2) is 15.2 Å². The van der Waals surface area contributed by atoms with Gasteiger partial charge in [-0.2, -0.15) is 0 Å². The van der Waals surface area contributed by atoms with Crippen LogP contribution in [0.5, 0.6) is 0 Å². The highest BCUT2D eigenvalue weighted by Crippen LogP contribution is 2.36. The van der Waals surface area contributed by atoms with Crippen molar-refractivity contribution in [1.82, 2.24) is 9.97 Å². The monoisotopic (exact) mass is 251 g/mol. The molecule has 1 fully saturated rings. The number of aryl methyl sites for hydroxylation is 1. The molecule has 2 atom stereocenters. The summed E-state index contributed by atoms with van der Waals surface area (Å²) in [5, 5.41) is 1.80. The molecule has 0 aliphatic heterocycles. The van der Waals surface area contributed by atoms with Gasteiger partial charge in [0, 0.05) is 23.6 Å². The van der Waals surface area contributed by atoms with Crippen molar-refractivity contribution >= 4 is 11.8 Å². The number of rotatable bonds is 3. The maximum absolute atomic E-state index is 5.74. The van der Waals surface area contributed by atoms with Crippen LogP contribution in [0.3, 0.4) is 0 Å². The standard InChI is InChI=1S/C13H21N3S/c1-9-4-3-5-12(6-9)17-13-11(7-14)8-15-10(2)16-13/h8-9,12H,3-7,14H2,1-2H3. The molecular formula is C13H21N3S. The second kappa shape index (κ2) is 5.83. The minimum absolute atomic E-state index is 0.533. The van der Waals surface area contributed by atoms with E-state index in [1.807, 2.05) is 24.9 Å². The van der Waals surface area contributed by atoms with Crippen LogP contribution < -0.4 is 5.73 Å². The minimum Gasteiger partial charge on any atom is -0.326 e. The molecule has 94 valence electrons. The smallest absolute Gasteiger partial charge is 0.126 e. The van der Waals surface area contributed by atoms with Gasteiger partial charge in [-0.3, -0.25) is 0 Å². The van der Waals surface area contributed by atoms with E-state index >= 15 is 0 Å². The van der Waals surface area contributed by atoms with Gasteiger partial charge < -0.3 is 5.73 Å². The van der Waals surface area contributed by atoms with Gasteiger partial charge in [0.25, 0.3) is 0 Å². The average Bonchev–Trinajstić information content (AvgIpc) is 2.29. The van der Waals surface area contributed by atoms with Gasteiger partial charge in [-0.25, -0.2) is 9.97 Å². The molecule has 0 saturated heterocycles. The third kappa shape index (κ3) is 3.42. The molecule has 0 spiro atoms. The van der Waals surface area contributed by atoms with Crippen LogP contribution in [0.1, 0.15) is 44.0 Å². The van der Waals surface area contributed by atoms with E-state index in [4.69, 9.17) is 5.73 Å². The molecule has 1 saturated carbocycles. The summed E-state index contributed by atoms with van der Waals surface area (Å²) in [7, 11) is 0. The highest BCUT2D eigenvalue weighted by molar-refractivity contribution is 7.99. The molecule has 1 heterocycles. The first-order valence-corrected chi connectivity index (χ1v) is 7.26. The molecule has 0 radical (unpaired) electrons. The Morgan fingerprint density at radius 2 is 2.29 bits per heavy atom. The van der Waals surface area contributed by atoms with Crippen molar-refractivity contribution in [3.63, 3.8) is 0 Å². The highest BCUT2D eigenvalue weighted by Gasteiger charge is 2.21. The van der Waals surface area contributed by atoms with Crippen LogP contribution >= 0.6 is 11.8 Å². The van der Waals surface area contributed by atoms with Crippen molar-refractivity contribution in [2.24, 2.45) is 11.7 Å². The number of hydrogen-bond donors (Lipinski definition) is 1.